The third-order valence-electron chi connectivity index (χ3n) is 6.71. The van der Waals surface area contributed by atoms with Gasteiger partial charge in [0.1, 0.15) is 0 Å². The highest BCUT2D eigenvalue weighted by atomic mass is 32.2. The van der Waals surface area contributed by atoms with Gasteiger partial charge < -0.3 is 10.2 Å². The van der Waals surface area contributed by atoms with E-state index in [-0.39, 0.29) is 22.4 Å². The summed E-state index contributed by atoms with van der Waals surface area (Å²) in [5.74, 6) is -0.363. The Bertz CT molecular complexity index is 1530. The second kappa shape index (κ2) is 10.7. The van der Waals surface area contributed by atoms with Crippen LogP contribution in [-0.4, -0.2) is 26.9 Å². The van der Waals surface area contributed by atoms with E-state index in [9.17, 15) is 13.2 Å². The van der Waals surface area contributed by atoms with Crippen LogP contribution >= 0.6 is 0 Å². The van der Waals surface area contributed by atoms with Gasteiger partial charge in [-0.1, -0.05) is 42.5 Å². The smallest absolute Gasteiger partial charge is 0.264 e. The number of hydrogen-bond acceptors (Lipinski definition) is 4. The van der Waals surface area contributed by atoms with Gasteiger partial charge in [-0.15, -0.1) is 0 Å². The molecule has 0 saturated carbocycles. The Hall–Kier alpha value is -4.10. The molecule has 6 nitrogen and oxygen atoms in total. The number of anilines is 4. The van der Waals surface area contributed by atoms with Gasteiger partial charge in [-0.2, -0.15) is 0 Å². The van der Waals surface area contributed by atoms with Crippen molar-refractivity contribution in [3.63, 3.8) is 0 Å². The van der Waals surface area contributed by atoms with Crippen molar-refractivity contribution in [3.05, 3.63) is 114 Å². The first-order valence-corrected chi connectivity index (χ1v) is 14.2. The number of rotatable bonds is 7. The van der Waals surface area contributed by atoms with Crippen LogP contribution in [0.25, 0.3) is 0 Å². The summed E-state index contributed by atoms with van der Waals surface area (Å²) < 4.78 is 28.5. The predicted octanol–water partition coefficient (Wildman–Crippen LogP) is 6.63. The minimum absolute atomic E-state index is 0.104. The Morgan fingerprint density at radius 2 is 1.53 bits per heavy atom. The van der Waals surface area contributed by atoms with E-state index in [1.165, 1.54) is 10.4 Å². The van der Waals surface area contributed by atoms with Gasteiger partial charge in [-0.25, -0.2) is 8.42 Å². The molecule has 4 aromatic rings. The zero-order valence-corrected chi connectivity index (χ0v) is 22.4. The molecular formula is C31H31N3O3S. The number of carbonyl (C=O) groups excluding carboxylic acids is 1. The normalized spacial score (nSPS) is 13.2. The summed E-state index contributed by atoms with van der Waals surface area (Å²) in [5.41, 5.74) is 4.75. The molecule has 1 N–H and O–H groups in total. The van der Waals surface area contributed by atoms with Crippen molar-refractivity contribution in [3.8, 4) is 0 Å². The average Bonchev–Trinajstić information content (AvgIpc) is 2.94. The number of carbonyl (C=O) groups is 1. The van der Waals surface area contributed by atoms with Crippen molar-refractivity contribution in [2.75, 3.05) is 21.1 Å². The highest BCUT2D eigenvalue weighted by Gasteiger charge is 2.29. The number of benzene rings is 4. The zero-order valence-electron chi connectivity index (χ0n) is 21.5. The molecular weight excluding hydrogens is 494 g/mol. The first kappa shape index (κ1) is 25.5. The predicted molar refractivity (Wildman–Crippen MR) is 154 cm³/mol. The van der Waals surface area contributed by atoms with Crippen LogP contribution in [0.3, 0.4) is 0 Å². The van der Waals surface area contributed by atoms with E-state index >= 15 is 0 Å². The van der Waals surface area contributed by atoms with Crippen LogP contribution in [-0.2, 0) is 16.4 Å². The molecule has 7 heteroatoms. The minimum Gasteiger partial charge on any atom is -0.339 e. The van der Waals surface area contributed by atoms with Crippen LogP contribution in [0.1, 0.15) is 36.2 Å². The highest BCUT2D eigenvalue weighted by Crippen LogP contribution is 2.32. The molecule has 0 spiro atoms. The van der Waals surface area contributed by atoms with E-state index in [4.69, 9.17) is 0 Å². The number of sulfonamides is 1. The maximum Gasteiger partial charge on any atom is 0.264 e. The van der Waals surface area contributed by atoms with E-state index in [0.29, 0.717) is 17.9 Å². The molecule has 0 aliphatic carbocycles. The standard InChI is InChI=1S/C31H31N3O3S/c1-23(2)34(27-13-4-3-5-14-27)28-19-17-26(18-20-28)32-31(35)25-11-8-15-29(22-25)38(36,37)33-21-9-12-24-10-6-7-16-30(24)33/h3-8,10-11,13-20,22-23H,9,12,21H2,1-2H3,(H,32,35). The molecule has 0 atom stereocenters. The Labute approximate surface area is 224 Å². The molecule has 0 radical (unpaired) electrons. The summed E-state index contributed by atoms with van der Waals surface area (Å²) in [7, 11) is -3.81. The molecule has 0 bridgehead atoms. The zero-order chi connectivity index (χ0) is 26.7. The van der Waals surface area contributed by atoms with Gasteiger partial charge in [-0.3, -0.25) is 9.10 Å². The van der Waals surface area contributed by atoms with Gasteiger partial charge in [-0.05, 0) is 92.9 Å². The Morgan fingerprint density at radius 1 is 0.842 bits per heavy atom. The Balaban J connectivity index is 1.35. The molecule has 38 heavy (non-hydrogen) atoms. The van der Waals surface area contributed by atoms with Gasteiger partial charge in [0.05, 0.1) is 10.6 Å². The van der Waals surface area contributed by atoms with Gasteiger partial charge in [0.15, 0.2) is 0 Å². The third-order valence-corrected chi connectivity index (χ3v) is 8.52. The molecule has 194 valence electrons. The van der Waals surface area contributed by atoms with Crippen molar-refractivity contribution in [2.24, 2.45) is 0 Å². The molecule has 1 amide bonds. The fourth-order valence-electron chi connectivity index (χ4n) is 4.92. The van der Waals surface area contributed by atoms with E-state index in [1.807, 2.05) is 66.7 Å². The first-order valence-electron chi connectivity index (χ1n) is 12.8. The fraction of sp³-hybridized carbons (Fsp3) is 0.194. The lowest BCUT2D eigenvalue weighted by Crippen LogP contribution is -2.35. The average molecular weight is 526 g/mol. The third kappa shape index (κ3) is 5.15. The van der Waals surface area contributed by atoms with Crippen LogP contribution in [0.2, 0.25) is 0 Å². The molecule has 5 rings (SSSR count). The number of para-hydroxylation sites is 2. The molecule has 0 unspecified atom stereocenters. The van der Waals surface area contributed by atoms with Gasteiger partial charge >= 0.3 is 0 Å². The highest BCUT2D eigenvalue weighted by molar-refractivity contribution is 7.92. The minimum atomic E-state index is -3.81. The Kier molecular flexibility index (Phi) is 7.20. The second-order valence-electron chi connectivity index (χ2n) is 9.64. The van der Waals surface area contributed by atoms with Crippen LogP contribution < -0.4 is 14.5 Å². The van der Waals surface area contributed by atoms with Gasteiger partial charge in [0.2, 0.25) is 0 Å². The monoisotopic (exact) mass is 525 g/mol. The van der Waals surface area contributed by atoms with E-state index in [2.05, 4.69) is 36.2 Å². The summed E-state index contributed by atoms with van der Waals surface area (Å²) in [6.07, 6.45) is 1.61. The van der Waals surface area contributed by atoms with Gasteiger partial charge in [0, 0.05) is 35.2 Å². The number of fused-ring (bicyclic) bond motifs is 1. The first-order chi connectivity index (χ1) is 18.3. The van der Waals surface area contributed by atoms with Crippen LogP contribution in [0.15, 0.2) is 108 Å². The van der Waals surface area contributed by atoms with Gasteiger partial charge in [0.25, 0.3) is 15.9 Å². The van der Waals surface area contributed by atoms with Crippen molar-refractivity contribution in [1.82, 2.24) is 0 Å². The van der Waals surface area contributed by atoms with Crippen molar-refractivity contribution in [1.29, 1.82) is 0 Å². The topological polar surface area (TPSA) is 69.7 Å². The summed E-state index contributed by atoms with van der Waals surface area (Å²) in [5, 5.41) is 2.90. The molecule has 1 aliphatic rings. The van der Waals surface area contributed by atoms with Crippen LogP contribution in [0, 0.1) is 0 Å². The van der Waals surface area contributed by atoms with Crippen LogP contribution in [0.4, 0.5) is 22.7 Å². The van der Waals surface area contributed by atoms with Crippen molar-refractivity contribution in [2.45, 2.75) is 37.6 Å². The number of hydrogen-bond donors (Lipinski definition) is 1. The lowest BCUT2D eigenvalue weighted by molar-refractivity contribution is 0.102. The lowest BCUT2D eigenvalue weighted by Gasteiger charge is -2.30. The molecule has 4 aromatic carbocycles. The SMILES string of the molecule is CC(C)N(c1ccccc1)c1ccc(NC(=O)c2cccc(S(=O)(=O)N3CCCc4ccccc43)c2)cc1. The fourth-order valence-corrected chi connectivity index (χ4v) is 6.50. The second-order valence-corrected chi connectivity index (χ2v) is 11.5. The largest absolute Gasteiger partial charge is 0.339 e. The quantitative estimate of drug-likeness (QED) is 0.294. The van der Waals surface area contributed by atoms with E-state index < -0.39 is 10.0 Å². The van der Waals surface area contributed by atoms with Crippen LogP contribution in [0.5, 0.6) is 0 Å². The van der Waals surface area contributed by atoms with Crippen molar-refractivity contribution >= 4 is 38.7 Å². The Morgan fingerprint density at radius 3 is 2.26 bits per heavy atom. The molecule has 1 heterocycles. The molecule has 0 aromatic heterocycles. The lowest BCUT2D eigenvalue weighted by atomic mass is 10.0. The number of nitrogens with zero attached hydrogens (tertiary/aromatic N) is 2. The maximum absolute atomic E-state index is 13.5. The maximum atomic E-state index is 13.5. The van der Waals surface area contributed by atoms with E-state index in [0.717, 1.165) is 29.8 Å². The summed E-state index contributed by atoms with van der Waals surface area (Å²) in [6.45, 7) is 4.68. The molecule has 0 saturated heterocycles. The number of amides is 1. The van der Waals surface area contributed by atoms with E-state index in [1.54, 1.807) is 18.2 Å². The van der Waals surface area contributed by atoms with Crippen molar-refractivity contribution < 1.29 is 13.2 Å². The summed E-state index contributed by atoms with van der Waals surface area (Å²) in [4.78, 5) is 15.4. The molecule has 0 fully saturated rings. The number of aryl methyl sites for hydroxylation is 1. The number of nitrogens with one attached hydrogen (secondary N) is 1. The summed E-state index contributed by atoms with van der Waals surface area (Å²) in [6, 6.07) is 31.9. The molecule has 1 aliphatic heterocycles. The summed E-state index contributed by atoms with van der Waals surface area (Å²) >= 11 is 0.